The Kier molecular flexibility index (Phi) is 3.87. The van der Waals surface area contributed by atoms with Gasteiger partial charge in [0.1, 0.15) is 5.69 Å². The van der Waals surface area contributed by atoms with Gasteiger partial charge in [-0.25, -0.2) is 4.79 Å². The molecule has 0 aliphatic heterocycles. The highest BCUT2D eigenvalue weighted by Crippen LogP contribution is 2.22. The van der Waals surface area contributed by atoms with Gasteiger partial charge in [-0.2, -0.15) is 0 Å². The molecule has 1 aromatic carbocycles. The molecule has 1 heterocycles. The van der Waals surface area contributed by atoms with E-state index in [1.165, 1.54) is 4.57 Å². The van der Waals surface area contributed by atoms with Crippen molar-refractivity contribution in [2.45, 2.75) is 26.0 Å². The summed E-state index contributed by atoms with van der Waals surface area (Å²) in [6.07, 6.45) is -0.0949. The molecule has 1 unspecified atom stereocenters. The van der Waals surface area contributed by atoms with E-state index in [1.807, 2.05) is 25.1 Å². The average molecular weight is 263 g/mol. The van der Waals surface area contributed by atoms with Crippen LogP contribution in [0.3, 0.4) is 0 Å². The van der Waals surface area contributed by atoms with E-state index in [-0.39, 0.29) is 12.2 Å². The quantitative estimate of drug-likeness (QED) is 0.758. The molecule has 3 N–H and O–H groups in total. The molecule has 0 aliphatic rings. The van der Waals surface area contributed by atoms with Gasteiger partial charge in [0.2, 0.25) is 0 Å². The van der Waals surface area contributed by atoms with Crippen LogP contribution in [0.15, 0.2) is 24.3 Å². The number of rotatable bonds is 5. The van der Waals surface area contributed by atoms with Crippen molar-refractivity contribution >= 4 is 16.9 Å². The Morgan fingerprint density at radius 3 is 2.68 bits per heavy atom. The van der Waals surface area contributed by atoms with Crippen molar-refractivity contribution < 1.29 is 20.1 Å². The van der Waals surface area contributed by atoms with Gasteiger partial charge in [-0.05, 0) is 30.2 Å². The second-order valence-electron chi connectivity index (χ2n) is 4.53. The van der Waals surface area contributed by atoms with Gasteiger partial charge < -0.3 is 19.9 Å². The van der Waals surface area contributed by atoms with Crippen LogP contribution in [0.4, 0.5) is 0 Å². The number of aryl methyl sites for hydroxylation is 1. The zero-order valence-corrected chi connectivity index (χ0v) is 10.7. The fourth-order valence-corrected chi connectivity index (χ4v) is 2.18. The Balaban J connectivity index is 2.57. The molecule has 5 nitrogen and oxygen atoms in total. The summed E-state index contributed by atoms with van der Waals surface area (Å²) in [4.78, 5) is 11.3. The molecule has 0 saturated carbocycles. The molecule has 0 spiro atoms. The largest absolute Gasteiger partial charge is 0.477 e. The Morgan fingerprint density at radius 2 is 2.11 bits per heavy atom. The lowest BCUT2D eigenvalue weighted by atomic mass is 10.1. The van der Waals surface area contributed by atoms with Gasteiger partial charge in [-0.1, -0.05) is 13.0 Å². The number of carbonyl (C=O) groups is 1. The summed E-state index contributed by atoms with van der Waals surface area (Å²) in [5.74, 6) is -1.04. The van der Waals surface area contributed by atoms with Crippen molar-refractivity contribution in [3.63, 3.8) is 0 Å². The maximum absolute atomic E-state index is 11.3. The minimum Gasteiger partial charge on any atom is -0.477 e. The molecular formula is C14H17NO4. The smallest absolute Gasteiger partial charge is 0.352 e. The molecule has 19 heavy (non-hydrogen) atoms. The number of aliphatic hydroxyl groups excluding tert-OH is 2. The molecule has 1 atom stereocenters. The zero-order chi connectivity index (χ0) is 14.0. The Morgan fingerprint density at radius 1 is 1.37 bits per heavy atom. The van der Waals surface area contributed by atoms with Crippen LogP contribution >= 0.6 is 0 Å². The standard InChI is InChI=1S/C14H17NO4/c1-2-9-3-4-12-10(5-9)6-13(14(18)19)15(12)7-11(17)8-16/h3-6,11,16-17H,2,7-8H2,1H3,(H,18,19). The van der Waals surface area contributed by atoms with E-state index in [9.17, 15) is 15.0 Å². The van der Waals surface area contributed by atoms with E-state index < -0.39 is 18.7 Å². The van der Waals surface area contributed by atoms with Crippen LogP contribution in [0.2, 0.25) is 0 Å². The highest BCUT2D eigenvalue weighted by molar-refractivity contribution is 5.94. The number of aromatic carboxylic acids is 1. The number of aromatic nitrogens is 1. The molecule has 0 saturated heterocycles. The van der Waals surface area contributed by atoms with Crippen LogP contribution in [-0.2, 0) is 13.0 Å². The Bertz CT molecular complexity index is 603. The van der Waals surface area contributed by atoms with Crippen LogP contribution in [0.5, 0.6) is 0 Å². The van der Waals surface area contributed by atoms with E-state index in [2.05, 4.69) is 0 Å². The van der Waals surface area contributed by atoms with Gasteiger partial charge in [0, 0.05) is 10.9 Å². The first-order chi connectivity index (χ1) is 9.06. The first kappa shape index (κ1) is 13.6. The average Bonchev–Trinajstić information content (AvgIpc) is 2.76. The summed E-state index contributed by atoms with van der Waals surface area (Å²) < 4.78 is 1.53. The third-order valence-electron chi connectivity index (χ3n) is 3.20. The lowest BCUT2D eigenvalue weighted by molar-refractivity contribution is 0.0658. The zero-order valence-electron chi connectivity index (χ0n) is 10.7. The van der Waals surface area contributed by atoms with Crippen molar-refractivity contribution in [3.05, 3.63) is 35.5 Å². The van der Waals surface area contributed by atoms with Gasteiger partial charge in [-0.3, -0.25) is 0 Å². The fraction of sp³-hybridized carbons (Fsp3) is 0.357. The highest BCUT2D eigenvalue weighted by atomic mass is 16.4. The van der Waals surface area contributed by atoms with Crippen LogP contribution < -0.4 is 0 Å². The van der Waals surface area contributed by atoms with E-state index in [0.29, 0.717) is 0 Å². The van der Waals surface area contributed by atoms with Crippen LogP contribution in [-0.4, -0.2) is 38.6 Å². The number of aliphatic hydroxyl groups is 2. The molecule has 2 aromatic rings. The van der Waals surface area contributed by atoms with E-state index in [1.54, 1.807) is 6.07 Å². The number of hydrogen-bond donors (Lipinski definition) is 3. The summed E-state index contributed by atoms with van der Waals surface area (Å²) in [7, 11) is 0. The number of carboxylic acids is 1. The minimum absolute atomic E-state index is 0.0626. The summed E-state index contributed by atoms with van der Waals surface area (Å²) in [6.45, 7) is 1.70. The first-order valence-electron chi connectivity index (χ1n) is 6.21. The summed E-state index contributed by atoms with van der Waals surface area (Å²) in [5.41, 5.74) is 2.00. The molecule has 0 amide bonds. The SMILES string of the molecule is CCc1ccc2c(c1)cc(C(=O)O)n2CC(O)CO. The van der Waals surface area contributed by atoms with E-state index in [4.69, 9.17) is 5.11 Å². The molecule has 0 radical (unpaired) electrons. The Hall–Kier alpha value is -1.85. The van der Waals surface area contributed by atoms with Gasteiger partial charge >= 0.3 is 5.97 Å². The maximum Gasteiger partial charge on any atom is 0.352 e. The van der Waals surface area contributed by atoms with Crippen molar-refractivity contribution in [3.8, 4) is 0 Å². The second-order valence-corrected chi connectivity index (χ2v) is 4.53. The molecule has 2 rings (SSSR count). The number of carboxylic acid groups (broad SMARTS) is 1. The van der Waals surface area contributed by atoms with E-state index >= 15 is 0 Å². The molecule has 1 aromatic heterocycles. The monoisotopic (exact) mass is 263 g/mol. The highest BCUT2D eigenvalue weighted by Gasteiger charge is 2.17. The van der Waals surface area contributed by atoms with Crippen LogP contribution in [0, 0.1) is 0 Å². The summed E-state index contributed by atoms with van der Waals surface area (Å²) >= 11 is 0. The topological polar surface area (TPSA) is 82.7 Å². The van der Waals surface area contributed by atoms with Gasteiger partial charge in [-0.15, -0.1) is 0 Å². The predicted molar refractivity (Wildman–Crippen MR) is 71.4 cm³/mol. The summed E-state index contributed by atoms with van der Waals surface area (Å²) in [6, 6.07) is 7.34. The minimum atomic E-state index is -1.04. The molecule has 0 fully saturated rings. The maximum atomic E-state index is 11.3. The van der Waals surface area contributed by atoms with Crippen molar-refractivity contribution in [1.82, 2.24) is 4.57 Å². The first-order valence-corrected chi connectivity index (χ1v) is 6.21. The normalized spacial score (nSPS) is 12.8. The second kappa shape index (κ2) is 5.42. The van der Waals surface area contributed by atoms with Crippen molar-refractivity contribution in [2.24, 2.45) is 0 Å². The fourth-order valence-electron chi connectivity index (χ4n) is 2.18. The lowest BCUT2D eigenvalue weighted by Crippen LogP contribution is -2.22. The third kappa shape index (κ3) is 2.62. The third-order valence-corrected chi connectivity index (χ3v) is 3.20. The Labute approximate surface area is 110 Å². The number of benzene rings is 1. The van der Waals surface area contributed by atoms with Crippen molar-refractivity contribution in [2.75, 3.05) is 6.61 Å². The predicted octanol–water partition coefficient (Wildman–Crippen LogP) is 1.26. The van der Waals surface area contributed by atoms with E-state index in [0.717, 1.165) is 22.9 Å². The van der Waals surface area contributed by atoms with Gasteiger partial charge in [0.05, 0.1) is 19.3 Å². The van der Waals surface area contributed by atoms with Crippen LogP contribution in [0.1, 0.15) is 23.0 Å². The molecule has 102 valence electrons. The molecule has 0 bridgehead atoms. The lowest BCUT2D eigenvalue weighted by Gasteiger charge is -2.12. The van der Waals surface area contributed by atoms with Crippen molar-refractivity contribution in [1.29, 1.82) is 0 Å². The van der Waals surface area contributed by atoms with Crippen LogP contribution in [0.25, 0.3) is 10.9 Å². The number of hydrogen-bond acceptors (Lipinski definition) is 3. The molecule has 5 heteroatoms. The number of fused-ring (bicyclic) bond motifs is 1. The summed E-state index contributed by atoms with van der Waals surface area (Å²) in [5, 5.41) is 28.5. The molecule has 0 aliphatic carbocycles. The molecular weight excluding hydrogens is 246 g/mol. The van der Waals surface area contributed by atoms with Gasteiger partial charge in [0.15, 0.2) is 0 Å². The van der Waals surface area contributed by atoms with Gasteiger partial charge in [0.25, 0.3) is 0 Å². The number of nitrogens with zero attached hydrogens (tertiary/aromatic N) is 1.